The van der Waals surface area contributed by atoms with Crippen molar-refractivity contribution in [3.8, 4) is 0 Å². The number of carbonyl (C=O) groups excluding carboxylic acids is 3. The van der Waals surface area contributed by atoms with E-state index in [1.165, 1.54) is 189 Å². The minimum atomic E-state index is -0.0811. The van der Waals surface area contributed by atoms with E-state index in [0.29, 0.717) is 55.3 Å². The van der Waals surface area contributed by atoms with E-state index in [-0.39, 0.29) is 27.1 Å². The maximum Gasteiger partial charge on any atom is 0.155 e. The SMILES string of the molecule is C.C.CC/C=C(\C)[C@H]1CCC2C3CC=C4C[C@@H](O)CC[C@]4(C)C3CC[C@@]21C.CC/C=C(\C)[C@H]1CCC2C3CCC4=CC(=O)CC[C@]4(C)C3CC[C@@]21C.C[C@@]12CCCC=C1C[C@@H](O)CC2.C[C@@]12CCCCC1=CC(=O)CC2.C[C@@]12CCCCC1=CC(=O)CC2. The van der Waals surface area contributed by atoms with Gasteiger partial charge in [0.2, 0.25) is 0 Å². The molecule has 5 nitrogen and oxygen atoms in total. The Labute approximate surface area is 540 Å². The van der Waals surface area contributed by atoms with Gasteiger partial charge in [-0.25, -0.2) is 0 Å². The highest BCUT2D eigenvalue weighted by Crippen LogP contribution is 2.69. The van der Waals surface area contributed by atoms with Crippen molar-refractivity contribution in [3.63, 3.8) is 0 Å². The maximum absolute atomic E-state index is 12.0. The molecule has 9 fully saturated rings. The van der Waals surface area contributed by atoms with Gasteiger partial charge in [0.1, 0.15) is 0 Å². The predicted octanol–water partition coefficient (Wildman–Crippen LogP) is 22.4. The fraction of sp³-hybridized carbons (Fsp3) is 0.795. The molecule has 5 heteroatoms. The first-order chi connectivity index (χ1) is 40.9. The molecule has 14 aliphatic carbocycles. The van der Waals surface area contributed by atoms with Crippen LogP contribution < -0.4 is 0 Å². The smallest absolute Gasteiger partial charge is 0.155 e. The molecule has 0 saturated heterocycles. The van der Waals surface area contributed by atoms with Crippen molar-refractivity contribution >= 4 is 17.3 Å². The van der Waals surface area contributed by atoms with E-state index in [0.717, 1.165) is 112 Å². The summed E-state index contributed by atoms with van der Waals surface area (Å²) in [5, 5.41) is 19.7. The number of rotatable bonds is 4. The average molecular weight is 1210 g/mol. The summed E-state index contributed by atoms with van der Waals surface area (Å²) in [6.07, 6.45) is 59.2. The summed E-state index contributed by atoms with van der Waals surface area (Å²) in [4.78, 5) is 34.3. The number of hydrogen-bond donors (Lipinski definition) is 2. The van der Waals surface area contributed by atoms with Crippen molar-refractivity contribution < 1.29 is 24.6 Å². The molecule has 0 heterocycles. The highest BCUT2D eigenvalue weighted by Gasteiger charge is 2.61. The third kappa shape index (κ3) is 14.1. The summed E-state index contributed by atoms with van der Waals surface area (Å²) in [6, 6.07) is 0. The number of aliphatic hydroxyl groups is 2. The second-order valence-electron chi connectivity index (χ2n) is 33.6. The monoisotopic (exact) mass is 1210 g/mol. The van der Waals surface area contributed by atoms with Crippen molar-refractivity contribution in [2.75, 3.05) is 0 Å². The van der Waals surface area contributed by atoms with Crippen LogP contribution in [0.4, 0.5) is 0 Å². The number of hydrogen-bond acceptors (Lipinski definition) is 5. The van der Waals surface area contributed by atoms with Crippen LogP contribution in [0.2, 0.25) is 0 Å². The van der Waals surface area contributed by atoms with Gasteiger partial charge in [-0.15, -0.1) is 0 Å². The molecule has 0 radical (unpaired) electrons. The van der Waals surface area contributed by atoms with E-state index >= 15 is 0 Å². The summed E-state index contributed by atoms with van der Waals surface area (Å²) < 4.78 is 0. The van der Waals surface area contributed by atoms with Gasteiger partial charge in [-0.05, 0) is 316 Å². The summed E-state index contributed by atoms with van der Waals surface area (Å²) in [7, 11) is 0. The van der Waals surface area contributed by atoms with Crippen LogP contribution in [0.1, 0.15) is 322 Å². The van der Waals surface area contributed by atoms with Crippen LogP contribution >= 0.6 is 0 Å². The Morgan fingerprint density at radius 2 is 0.886 bits per heavy atom. The lowest BCUT2D eigenvalue weighted by Crippen LogP contribution is -2.50. The van der Waals surface area contributed by atoms with Crippen LogP contribution in [0.5, 0.6) is 0 Å². The third-order valence-electron chi connectivity index (χ3n) is 28.7. The number of fused-ring (bicyclic) bond motifs is 13. The lowest BCUT2D eigenvalue weighted by Gasteiger charge is -2.58. The van der Waals surface area contributed by atoms with Crippen molar-refractivity contribution in [2.24, 2.45) is 85.2 Å². The van der Waals surface area contributed by atoms with Crippen molar-refractivity contribution in [2.45, 2.75) is 334 Å². The molecule has 494 valence electrons. The Balaban J connectivity index is 0.000000148. The van der Waals surface area contributed by atoms with E-state index in [1.807, 2.05) is 18.2 Å². The zero-order valence-corrected chi connectivity index (χ0v) is 56.9. The van der Waals surface area contributed by atoms with Gasteiger partial charge in [-0.1, -0.05) is 153 Å². The van der Waals surface area contributed by atoms with Gasteiger partial charge in [0.15, 0.2) is 17.3 Å². The second-order valence-corrected chi connectivity index (χ2v) is 33.6. The van der Waals surface area contributed by atoms with Gasteiger partial charge in [-0.2, -0.15) is 0 Å². The fourth-order valence-corrected chi connectivity index (χ4v) is 23.2. The summed E-state index contributed by atoms with van der Waals surface area (Å²) in [5.74, 6) is 8.03. The Morgan fingerprint density at radius 3 is 1.43 bits per heavy atom. The molecule has 6 unspecified atom stereocenters. The van der Waals surface area contributed by atoms with Gasteiger partial charge in [-0.3, -0.25) is 14.4 Å². The summed E-state index contributed by atoms with van der Waals surface area (Å²) in [6.45, 7) is 26.6. The predicted molar refractivity (Wildman–Crippen MR) is 371 cm³/mol. The lowest BCUT2D eigenvalue weighted by atomic mass is 9.46. The van der Waals surface area contributed by atoms with E-state index < -0.39 is 0 Å². The number of aliphatic hydroxyl groups excluding tert-OH is 2. The fourth-order valence-electron chi connectivity index (χ4n) is 23.2. The van der Waals surface area contributed by atoms with Crippen molar-refractivity contribution in [3.05, 3.63) is 81.5 Å². The van der Waals surface area contributed by atoms with Gasteiger partial charge < -0.3 is 10.2 Å². The molecule has 9 saturated carbocycles. The topological polar surface area (TPSA) is 91.7 Å². The minimum absolute atomic E-state index is 0. The van der Waals surface area contributed by atoms with Gasteiger partial charge in [0.05, 0.1) is 12.2 Å². The molecule has 0 spiro atoms. The van der Waals surface area contributed by atoms with E-state index in [4.69, 9.17) is 0 Å². The van der Waals surface area contributed by atoms with E-state index in [1.54, 1.807) is 16.7 Å². The molecule has 0 bridgehead atoms. The zero-order chi connectivity index (χ0) is 61.5. The van der Waals surface area contributed by atoms with Gasteiger partial charge >= 0.3 is 0 Å². The number of allylic oxidation sites excluding steroid dienone is 11. The Hall–Kier alpha value is -2.89. The van der Waals surface area contributed by atoms with Crippen LogP contribution in [0.15, 0.2) is 81.5 Å². The first kappa shape index (κ1) is 71.0. The number of carbonyl (C=O) groups is 3. The molecule has 0 aliphatic heterocycles. The zero-order valence-electron chi connectivity index (χ0n) is 56.9. The molecule has 2 N–H and O–H groups in total. The summed E-state index contributed by atoms with van der Waals surface area (Å²) >= 11 is 0. The highest BCUT2D eigenvalue weighted by molar-refractivity contribution is 5.92. The molecular weight excluding hydrogens is 1080 g/mol. The molecule has 0 aromatic heterocycles. The lowest BCUT2D eigenvalue weighted by molar-refractivity contribution is -0.117. The molecular formula is C83H132O5. The van der Waals surface area contributed by atoms with E-state index in [2.05, 4.69) is 100 Å². The molecule has 14 aliphatic rings. The first-order valence-corrected chi connectivity index (χ1v) is 36.7. The molecule has 88 heavy (non-hydrogen) atoms. The van der Waals surface area contributed by atoms with Crippen molar-refractivity contribution in [1.82, 2.24) is 0 Å². The van der Waals surface area contributed by atoms with E-state index in [9.17, 15) is 24.6 Å². The van der Waals surface area contributed by atoms with Crippen LogP contribution in [-0.2, 0) is 14.4 Å². The number of ketones is 3. The third-order valence-corrected chi connectivity index (χ3v) is 28.7. The van der Waals surface area contributed by atoms with Crippen molar-refractivity contribution in [1.29, 1.82) is 0 Å². The van der Waals surface area contributed by atoms with Crippen LogP contribution in [0, 0.1) is 85.2 Å². The Bertz CT molecular complexity index is 2650. The average Bonchev–Trinajstić information content (AvgIpc) is 1.38. The molecule has 17 atom stereocenters. The minimum Gasteiger partial charge on any atom is -0.393 e. The van der Waals surface area contributed by atoms with Crippen LogP contribution in [0.3, 0.4) is 0 Å². The normalized spacial score (nSPS) is 43.0. The summed E-state index contributed by atoms with van der Waals surface area (Å²) in [5.41, 5.74) is 13.9. The molecule has 0 amide bonds. The Kier molecular flexibility index (Phi) is 23.2. The van der Waals surface area contributed by atoms with Crippen LogP contribution in [-0.4, -0.2) is 39.8 Å². The van der Waals surface area contributed by atoms with Gasteiger partial charge in [0.25, 0.3) is 0 Å². The standard InChI is InChI=1S/C24H38O.C24H36O.C11H18O.2C11H16O.2CH4/c2*1-5-6-16(2)20-9-10-21-19-8-7-17-15-18(25)11-13-23(17,3)22(19)12-14-24(20,21)4;3*1-11-6-3-2-4-9(11)8-10(12)5-7-11;;/h6-7,18-22,25H,5,8-15H2,1-4H3;6,15,19-22H,5,7-14H2,1-4H3;4,10,12H,2-3,5-8H2,1H3;2*8H,2-7H2,1H3;2*1H4/b2*16-6+;;;;;/t18-,19?,20+,21?,22?,23-,24+;19?,20-,21?,22?,23+,24-;10-,11-;2*11-;;/m01000../s1. The Morgan fingerprint density at radius 1 is 0.432 bits per heavy atom. The maximum atomic E-state index is 12.0. The molecule has 14 rings (SSSR count). The van der Waals surface area contributed by atoms with Gasteiger partial charge in [0, 0.05) is 19.3 Å². The highest BCUT2D eigenvalue weighted by atomic mass is 16.3. The largest absolute Gasteiger partial charge is 0.393 e. The molecule has 0 aromatic rings. The first-order valence-electron chi connectivity index (χ1n) is 36.7. The second kappa shape index (κ2) is 28.8. The van der Waals surface area contributed by atoms with Crippen LogP contribution in [0.25, 0.3) is 0 Å². The quantitative estimate of drug-likeness (QED) is 0.274. The molecule has 0 aromatic carbocycles.